The second kappa shape index (κ2) is 12.9. The van der Waals surface area contributed by atoms with Gasteiger partial charge < -0.3 is 4.98 Å². The van der Waals surface area contributed by atoms with Crippen LogP contribution < -0.4 is 0 Å². The second-order valence-corrected chi connectivity index (χ2v) is 7.63. The van der Waals surface area contributed by atoms with Crippen LogP contribution in [0.5, 0.6) is 0 Å². The Bertz CT molecular complexity index is 1430. The van der Waals surface area contributed by atoms with Crippen molar-refractivity contribution in [3.05, 3.63) is 138 Å². The summed E-state index contributed by atoms with van der Waals surface area (Å²) < 4.78 is 0. The third kappa shape index (κ3) is 6.59. The number of nitrogens with zero attached hydrogens (tertiary/aromatic N) is 4. The zero-order valence-electron chi connectivity index (χ0n) is 19.4. The van der Waals surface area contributed by atoms with Crippen LogP contribution in [0, 0.1) is 37.0 Å². The van der Waals surface area contributed by atoms with Crippen molar-refractivity contribution in [3.8, 4) is 39.7 Å². The van der Waals surface area contributed by atoms with Crippen molar-refractivity contribution in [1.29, 1.82) is 5.26 Å². The molecule has 0 fully saturated rings. The monoisotopic (exact) mass is 641 g/mol. The molecule has 0 amide bonds. The van der Waals surface area contributed by atoms with E-state index >= 15 is 0 Å². The topological polar surface area (TPSA) is 53.9 Å². The van der Waals surface area contributed by atoms with E-state index in [0.29, 0.717) is 22.5 Å². The van der Waals surface area contributed by atoms with Gasteiger partial charge >= 0.3 is 0 Å². The molecule has 0 unspecified atom stereocenters. The van der Waals surface area contributed by atoms with Crippen molar-refractivity contribution in [2.45, 2.75) is 6.92 Å². The number of benzene rings is 3. The van der Waals surface area contributed by atoms with Crippen molar-refractivity contribution in [2.75, 3.05) is 0 Å². The molecule has 5 heteroatoms. The van der Waals surface area contributed by atoms with Gasteiger partial charge in [0.1, 0.15) is 5.69 Å². The maximum absolute atomic E-state index is 9.07. The van der Waals surface area contributed by atoms with Gasteiger partial charge in [0, 0.05) is 43.8 Å². The number of aryl methyl sites for hydroxylation is 1. The van der Waals surface area contributed by atoms with Gasteiger partial charge in [0.25, 0.3) is 0 Å². The maximum Gasteiger partial charge on any atom is 0.125 e. The van der Waals surface area contributed by atoms with Gasteiger partial charge in [0.2, 0.25) is 0 Å². The summed E-state index contributed by atoms with van der Waals surface area (Å²) in [6, 6.07) is 37.1. The molecular formula is C31H20IrN4-2. The number of aromatic nitrogens is 2. The number of nitriles is 1. The van der Waals surface area contributed by atoms with Crippen LogP contribution in [-0.4, -0.2) is 9.97 Å². The van der Waals surface area contributed by atoms with Crippen LogP contribution >= 0.6 is 0 Å². The Morgan fingerprint density at radius 2 is 1.64 bits per heavy atom. The van der Waals surface area contributed by atoms with Gasteiger partial charge in [-0.15, -0.1) is 59.7 Å². The fourth-order valence-electron chi connectivity index (χ4n) is 3.52. The summed E-state index contributed by atoms with van der Waals surface area (Å²) in [5.74, 6) is 0. The largest absolute Gasteiger partial charge is 0.305 e. The van der Waals surface area contributed by atoms with Crippen LogP contribution in [0.15, 0.2) is 103 Å². The molecule has 2 heterocycles. The van der Waals surface area contributed by atoms with Crippen molar-refractivity contribution in [1.82, 2.24) is 9.97 Å². The third-order valence-corrected chi connectivity index (χ3v) is 5.22. The number of hydrogen-bond acceptors (Lipinski definition) is 3. The molecule has 36 heavy (non-hydrogen) atoms. The molecule has 0 spiro atoms. The van der Waals surface area contributed by atoms with E-state index in [4.69, 9.17) is 11.8 Å². The first-order valence-electron chi connectivity index (χ1n) is 10.9. The average molecular weight is 641 g/mol. The molecule has 4 nitrogen and oxygen atoms in total. The molecule has 2 aromatic heterocycles. The summed E-state index contributed by atoms with van der Waals surface area (Å²) in [5.41, 5.74) is 7.42. The standard InChI is InChI=1S/C20H12N3.C11H8N.Ir/c1-14-8-20(17-9-15(12-21)10-18(11-17)22-2)23-13-19(14)16-6-4-3-5-7-16;1-2-6-10(7-3-1)11-8-4-5-9-12-11;/h3-8,10-11,13H,1H3;1-6,8-9H;/q2*-1;. The van der Waals surface area contributed by atoms with Gasteiger partial charge in [-0.3, -0.25) is 9.83 Å². The molecule has 0 aliphatic rings. The average Bonchev–Trinajstić information content (AvgIpc) is 2.94. The van der Waals surface area contributed by atoms with Gasteiger partial charge in [-0.25, -0.2) is 5.26 Å². The Morgan fingerprint density at radius 3 is 2.28 bits per heavy atom. The summed E-state index contributed by atoms with van der Waals surface area (Å²) in [6.07, 6.45) is 3.61. The summed E-state index contributed by atoms with van der Waals surface area (Å²) >= 11 is 0. The second-order valence-electron chi connectivity index (χ2n) is 7.63. The SMILES string of the molecule is [C-]#[N+]c1cc(C#N)[c-]c(-c2cc(C)c(-c3ccccc3)cn2)c1.[Ir].[c-]1ccccc1-c1ccccn1. The molecular weight excluding hydrogens is 621 g/mol. The molecule has 0 atom stereocenters. The first-order chi connectivity index (χ1) is 17.2. The van der Waals surface area contributed by atoms with E-state index in [1.165, 1.54) is 6.07 Å². The molecule has 1 radical (unpaired) electrons. The van der Waals surface area contributed by atoms with E-state index in [0.717, 1.165) is 27.9 Å². The first kappa shape index (κ1) is 26.2. The fraction of sp³-hybridized carbons (Fsp3) is 0.0323. The van der Waals surface area contributed by atoms with Crippen LogP contribution in [0.4, 0.5) is 5.69 Å². The molecule has 5 aromatic rings. The van der Waals surface area contributed by atoms with Gasteiger partial charge in [-0.1, -0.05) is 54.1 Å². The summed E-state index contributed by atoms with van der Waals surface area (Å²) in [6.45, 7) is 9.17. The number of pyridine rings is 2. The zero-order chi connectivity index (χ0) is 24.5. The molecule has 3 aromatic carbocycles. The Kier molecular flexibility index (Phi) is 9.38. The van der Waals surface area contributed by atoms with E-state index in [1.54, 1.807) is 12.3 Å². The predicted octanol–water partition coefficient (Wildman–Crippen LogP) is 7.49. The Labute approximate surface area is 225 Å². The van der Waals surface area contributed by atoms with E-state index in [9.17, 15) is 0 Å². The van der Waals surface area contributed by atoms with Crippen LogP contribution in [0.1, 0.15) is 11.1 Å². The van der Waals surface area contributed by atoms with E-state index in [-0.39, 0.29) is 20.1 Å². The van der Waals surface area contributed by atoms with Crippen molar-refractivity contribution < 1.29 is 20.1 Å². The summed E-state index contributed by atoms with van der Waals surface area (Å²) in [5, 5.41) is 9.07. The van der Waals surface area contributed by atoms with Crippen molar-refractivity contribution in [2.24, 2.45) is 0 Å². The van der Waals surface area contributed by atoms with Gasteiger partial charge in [-0.05, 0) is 35.9 Å². The number of rotatable bonds is 3. The zero-order valence-corrected chi connectivity index (χ0v) is 21.8. The van der Waals surface area contributed by atoms with E-state index in [1.807, 2.05) is 98.1 Å². The van der Waals surface area contributed by atoms with Gasteiger partial charge in [0.05, 0.1) is 6.57 Å². The first-order valence-corrected chi connectivity index (χ1v) is 10.9. The number of hydrogen-bond donors (Lipinski definition) is 0. The van der Waals surface area contributed by atoms with E-state index < -0.39 is 0 Å². The molecule has 0 bridgehead atoms. The van der Waals surface area contributed by atoms with Crippen LogP contribution in [0.3, 0.4) is 0 Å². The van der Waals surface area contributed by atoms with Crippen LogP contribution in [0.25, 0.3) is 38.5 Å². The Hall–Kier alpha value is -4.41. The van der Waals surface area contributed by atoms with Crippen LogP contribution in [0.2, 0.25) is 0 Å². The summed E-state index contributed by atoms with van der Waals surface area (Å²) in [4.78, 5) is 12.1. The minimum Gasteiger partial charge on any atom is -0.305 e. The smallest absolute Gasteiger partial charge is 0.125 e. The molecule has 175 valence electrons. The van der Waals surface area contributed by atoms with Gasteiger partial charge in [0.15, 0.2) is 0 Å². The van der Waals surface area contributed by atoms with Crippen molar-refractivity contribution >= 4 is 5.69 Å². The Morgan fingerprint density at radius 1 is 0.861 bits per heavy atom. The maximum atomic E-state index is 9.07. The van der Waals surface area contributed by atoms with Gasteiger partial charge in [-0.2, -0.15) is 0 Å². The summed E-state index contributed by atoms with van der Waals surface area (Å²) in [7, 11) is 0. The molecule has 5 rings (SSSR count). The minimum atomic E-state index is 0. The van der Waals surface area contributed by atoms with E-state index in [2.05, 4.69) is 26.9 Å². The normalized spacial score (nSPS) is 9.53. The molecule has 0 N–H and O–H groups in total. The molecule has 0 saturated carbocycles. The predicted molar refractivity (Wildman–Crippen MR) is 138 cm³/mol. The molecule has 0 aliphatic carbocycles. The van der Waals surface area contributed by atoms with Crippen molar-refractivity contribution in [3.63, 3.8) is 0 Å². The van der Waals surface area contributed by atoms with Crippen LogP contribution in [-0.2, 0) is 20.1 Å². The quantitative estimate of drug-likeness (QED) is 0.192. The molecule has 0 aliphatic heterocycles. The fourth-order valence-corrected chi connectivity index (χ4v) is 3.52. The molecule has 0 saturated heterocycles. The minimum absolute atomic E-state index is 0. The third-order valence-electron chi connectivity index (χ3n) is 5.22. The Balaban J connectivity index is 0.000000234.